The zero-order chi connectivity index (χ0) is 23.3. The summed E-state index contributed by atoms with van der Waals surface area (Å²) < 4.78 is 14.8. The average molecular weight is 492 g/mol. The first-order valence-corrected chi connectivity index (χ1v) is 11.8. The van der Waals surface area contributed by atoms with Crippen molar-refractivity contribution < 1.29 is 36.0 Å². The van der Waals surface area contributed by atoms with Gasteiger partial charge in [-0.05, 0) is 38.7 Å². The molecule has 1 N–H and O–H groups in total. The maximum Gasteiger partial charge on any atom is 0.336 e. The highest BCUT2D eigenvalue weighted by Crippen LogP contribution is 2.42. The lowest BCUT2D eigenvalue weighted by atomic mass is 9.80. The Morgan fingerprint density at radius 1 is 1.12 bits per heavy atom. The Labute approximate surface area is 205 Å². The summed E-state index contributed by atoms with van der Waals surface area (Å²) in [4.78, 5) is 27.4. The van der Waals surface area contributed by atoms with Crippen molar-refractivity contribution in [3.05, 3.63) is 71.1 Å². The number of aryl methyl sites for hydroxylation is 1. The number of dihydropyridines is 1. The summed E-state index contributed by atoms with van der Waals surface area (Å²) in [6.07, 6.45) is 7.78. The zero-order valence-corrected chi connectivity index (χ0v) is 21.1. The van der Waals surface area contributed by atoms with Crippen molar-refractivity contribution in [1.29, 1.82) is 0 Å². The SMILES string of the molecule is CCOC(=O)C1=C(C)NC(C[n+]2ccn(C)c2)=C(C(=O)OCC)C1c1ccccc1SC.[Cl-]. The number of carbonyl (C=O) groups excluding carboxylic acids is 2. The maximum absolute atomic E-state index is 13.3. The van der Waals surface area contributed by atoms with Crippen LogP contribution in [0.15, 0.2) is 70.4 Å². The second-order valence-corrected chi connectivity index (χ2v) is 8.27. The van der Waals surface area contributed by atoms with E-state index >= 15 is 0 Å². The van der Waals surface area contributed by atoms with Gasteiger partial charge < -0.3 is 27.2 Å². The number of aromatic nitrogens is 2. The van der Waals surface area contributed by atoms with Crippen LogP contribution in [0.25, 0.3) is 0 Å². The van der Waals surface area contributed by atoms with Crippen LogP contribution < -0.4 is 22.3 Å². The Morgan fingerprint density at radius 2 is 1.76 bits per heavy atom. The molecule has 1 aliphatic rings. The third-order valence-corrected chi connectivity index (χ3v) is 6.06. The minimum Gasteiger partial charge on any atom is -1.00 e. The lowest BCUT2D eigenvalue weighted by Crippen LogP contribution is -3.00. The number of nitrogens with one attached hydrogen (secondary N) is 1. The van der Waals surface area contributed by atoms with Crippen molar-refractivity contribution in [2.45, 2.75) is 38.1 Å². The average Bonchev–Trinajstić information content (AvgIpc) is 3.17. The molecule has 1 aromatic carbocycles. The fourth-order valence-corrected chi connectivity index (χ4v) is 4.58. The third-order valence-electron chi connectivity index (χ3n) is 5.25. The fourth-order valence-electron chi connectivity index (χ4n) is 3.94. The topological polar surface area (TPSA) is 73.4 Å². The number of carbonyl (C=O) groups is 2. The van der Waals surface area contributed by atoms with Crippen LogP contribution in [-0.2, 0) is 32.7 Å². The van der Waals surface area contributed by atoms with E-state index in [1.807, 2.05) is 72.3 Å². The molecule has 1 atom stereocenters. The summed E-state index contributed by atoms with van der Waals surface area (Å²) in [5.41, 5.74) is 3.11. The smallest absolute Gasteiger partial charge is 0.336 e. The lowest BCUT2D eigenvalue weighted by molar-refractivity contribution is -0.689. The lowest BCUT2D eigenvalue weighted by Gasteiger charge is -2.31. The van der Waals surface area contributed by atoms with Gasteiger partial charge in [0.05, 0.1) is 43.0 Å². The maximum atomic E-state index is 13.3. The van der Waals surface area contributed by atoms with Gasteiger partial charge in [0.1, 0.15) is 18.9 Å². The third kappa shape index (κ3) is 5.81. The Morgan fingerprint density at radius 3 is 2.33 bits per heavy atom. The highest BCUT2D eigenvalue weighted by molar-refractivity contribution is 7.98. The summed E-state index contributed by atoms with van der Waals surface area (Å²) in [5, 5.41) is 3.31. The van der Waals surface area contributed by atoms with Gasteiger partial charge in [-0.2, -0.15) is 0 Å². The molecule has 0 fully saturated rings. The number of esters is 2. The molecule has 1 aliphatic heterocycles. The number of thioether (sulfide) groups is 1. The van der Waals surface area contributed by atoms with Crippen LogP contribution in [0.3, 0.4) is 0 Å². The van der Waals surface area contributed by atoms with Gasteiger partial charge in [-0.1, -0.05) is 18.2 Å². The second-order valence-electron chi connectivity index (χ2n) is 7.42. The van der Waals surface area contributed by atoms with Crippen LogP contribution in [0.5, 0.6) is 0 Å². The van der Waals surface area contributed by atoms with E-state index in [2.05, 4.69) is 5.32 Å². The Kier molecular flexibility index (Phi) is 9.61. The molecular formula is C24H30ClN3O4S. The largest absolute Gasteiger partial charge is 1.00 e. The van der Waals surface area contributed by atoms with E-state index in [1.165, 1.54) is 0 Å². The van der Waals surface area contributed by atoms with Gasteiger partial charge in [0.2, 0.25) is 6.33 Å². The van der Waals surface area contributed by atoms with Crippen LogP contribution in [0, 0.1) is 0 Å². The van der Waals surface area contributed by atoms with Gasteiger partial charge in [0, 0.05) is 10.6 Å². The highest BCUT2D eigenvalue weighted by atomic mass is 35.5. The van der Waals surface area contributed by atoms with Crippen LogP contribution in [-0.4, -0.2) is 36.0 Å². The minimum absolute atomic E-state index is 0. The summed E-state index contributed by atoms with van der Waals surface area (Å²) >= 11 is 1.57. The van der Waals surface area contributed by atoms with Crippen molar-refractivity contribution in [1.82, 2.24) is 9.88 Å². The molecule has 0 aliphatic carbocycles. The normalized spacial score (nSPS) is 15.6. The Hall–Kier alpha value is -2.71. The van der Waals surface area contributed by atoms with Gasteiger partial charge >= 0.3 is 11.9 Å². The van der Waals surface area contributed by atoms with E-state index in [9.17, 15) is 9.59 Å². The van der Waals surface area contributed by atoms with Gasteiger partial charge in [-0.3, -0.25) is 0 Å². The second kappa shape index (κ2) is 12.0. The predicted octanol–water partition coefficient (Wildman–Crippen LogP) is 0.0798. The Balaban J connectivity index is 0.00000385. The number of rotatable bonds is 8. The molecule has 0 spiro atoms. The summed E-state index contributed by atoms with van der Waals surface area (Å²) in [6, 6.07) is 7.82. The number of benzene rings is 1. The zero-order valence-electron chi connectivity index (χ0n) is 19.6. The molecule has 1 aromatic heterocycles. The van der Waals surface area contributed by atoms with Gasteiger partial charge in [-0.15, -0.1) is 11.8 Å². The number of hydrogen-bond donors (Lipinski definition) is 1. The number of allylic oxidation sites excluding steroid dienone is 2. The van der Waals surface area contributed by atoms with Crippen LogP contribution >= 0.6 is 11.8 Å². The van der Waals surface area contributed by atoms with Crippen molar-refractivity contribution >= 4 is 23.7 Å². The van der Waals surface area contributed by atoms with Gasteiger partial charge in [0.15, 0.2) is 0 Å². The highest BCUT2D eigenvalue weighted by Gasteiger charge is 2.40. The van der Waals surface area contributed by atoms with Crippen molar-refractivity contribution in [3.63, 3.8) is 0 Å². The van der Waals surface area contributed by atoms with E-state index in [4.69, 9.17) is 9.47 Å². The quantitative estimate of drug-likeness (QED) is 0.320. The number of halogens is 1. The molecule has 9 heteroatoms. The van der Waals surface area contributed by atoms with Gasteiger partial charge in [-0.25, -0.2) is 18.7 Å². The molecule has 0 bridgehead atoms. The van der Waals surface area contributed by atoms with Gasteiger partial charge in [0.25, 0.3) is 0 Å². The predicted molar refractivity (Wildman–Crippen MR) is 123 cm³/mol. The summed E-state index contributed by atoms with van der Waals surface area (Å²) in [5.74, 6) is -1.48. The number of hydrogen-bond acceptors (Lipinski definition) is 6. The van der Waals surface area contributed by atoms with Crippen LogP contribution in [0.2, 0.25) is 0 Å². The molecule has 2 aromatic rings. The first kappa shape index (κ1) is 26.5. The number of imidazole rings is 1. The molecule has 178 valence electrons. The Bertz CT molecular complexity index is 1080. The monoisotopic (exact) mass is 491 g/mol. The first-order valence-electron chi connectivity index (χ1n) is 10.6. The summed E-state index contributed by atoms with van der Waals surface area (Å²) in [7, 11) is 1.94. The molecule has 33 heavy (non-hydrogen) atoms. The standard InChI is InChI=1S/C24H29N3O4S.ClH/c1-6-30-23(28)20-16(3)25-18(14-27-13-12-26(4)15-27)22(24(29)31-7-2)21(20)17-10-8-9-11-19(17)32-5;/h8-13,15,21H,6-7,14H2,1-5H3;1H. The van der Waals surface area contributed by atoms with E-state index < -0.39 is 17.9 Å². The molecule has 2 heterocycles. The molecule has 0 saturated heterocycles. The van der Waals surface area contributed by atoms with Crippen molar-refractivity contribution in [2.75, 3.05) is 19.5 Å². The van der Waals surface area contributed by atoms with Crippen molar-refractivity contribution in [3.8, 4) is 0 Å². The van der Waals surface area contributed by atoms with E-state index in [0.717, 1.165) is 10.5 Å². The molecule has 1 unspecified atom stereocenters. The van der Waals surface area contributed by atoms with Crippen molar-refractivity contribution in [2.24, 2.45) is 7.05 Å². The first-order chi connectivity index (χ1) is 15.4. The molecule has 0 saturated carbocycles. The molecule has 0 amide bonds. The van der Waals surface area contributed by atoms with Crippen LogP contribution in [0.4, 0.5) is 0 Å². The molecular weight excluding hydrogens is 462 g/mol. The van der Waals surface area contributed by atoms with E-state index in [1.54, 1.807) is 25.6 Å². The molecule has 3 rings (SSSR count). The van der Waals surface area contributed by atoms with E-state index in [0.29, 0.717) is 29.1 Å². The summed E-state index contributed by atoms with van der Waals surface area (Å²) in [6.45, 7) is 6.31. The number of ether oxygens (including phenoxy) is 2. The number of nitrogens with zero attached hydrogens (tertiary/aromatic N) is 2. The minimum atomic E-state index is -0.600. The molecule has 7 nitrogen and oxygen atoms in total. The van der Waals surface area contributed by atoms with Crippen LogP contribution in [0.1, 0.15) is 32.3 Å². The molecule has 0 radical (unpaired) electrons. The fraction of sp³-hybridized carbons (Fsp3) is 0.375. The van der Waals surface area contributed by atoms with E-state index in [-0.39, 0.29) is 25.6 Å².